The lowest BCUT2D eigenvalue weighted by molar-refractivity contribution is 0.193. The third-order valence-electron chi connectivity index (χ3n) is 2.94. The van der Waals surface area contributed by atoms with Crippen LogP contribution in [0, 0.1) is 0 Å². The molecule has 1 aliphatic rings. The minimum absolute atomic E-state index is 0.270. The normalized spacial score (nSPS) is 18.4. The van der Waals surface area contributed by atoms with Gasteiger partial charge in [-0.1, -0.05) is 6.92 Å². The zero-order valence-electron chi connectivity index (χ0n) is 11.3. The Bertz CT molecular complexity index is 410. The van der Waals surface area contributed by atoms with Crippen molar-refractivity contribution < 1.29 is 9.47 Å². The standard InChI is InChI=1S/C11H20N6O2/c1-3-5-19-11-14-9(16-12)13-10(15-11)17(2)8-4-6-18-7-8/h8H,3-7,12H2,1-2H3,(H,13,14,15,16). The van der Waals surface area contributed by atoms with Gasteiger partial charge in [-0.2, -0.15) is 15.0 Å². The maximum absolute atomic E-state index is 5.44. The zero-order valence-corrected chi connectivity index (χ0v) is 11.3. The maximum Gasteiger partial charge on any atom is 0.323 e. The molecule has 3 N–H and O–H groups in total. The lowest BCUT2D eigenvalue weighted by Gasteiger charge is -2.23. The van der Waals surface area contributed by atoms with E-state index in [0.717, 1.165) is 19.4 Å². The van der Waals surface area contributed by atoms with Gasteiger partial charge in [-0.3, -0.25) is 5.43 Å². The maximum atomic E-state index is 5.44. The van der Waals surface area contributed by atoms with Crippen molar-refractivity contribution in [3.63, 3.8) is 0 Å². The number of nitrogens with one attached hydrogen (secondary N) is 1. The molecule has 0 aliphatic carbocycles. The van der Waals surface area contributed by atoms with Crippen LogP contribution in [0.15, 0.2) is 0 Å². The molecule has 8 heteroatoms. The Morgan fingerprint density at radius 3 is 2.95 bits per heavy atom. The van der Waals surface area contributed by atoms with Gasteiger partial charge in [0, 0.05) is 13.7 Å². The summed E-state index contributed by atoms with van der Waals surface area (Å²) in [6.45, 7) is 4.02. The molecule has 2 heterocycles. The van der Waals surface area contributed by atoms with E-state index in [4.69, 9.17) is 15.3 Å². The van der Waals surface area contributed by atoms with Gasteiger partial charge in [0.15, 0.2) is 0 Å². The predicted octanol–water partition coefficient (Wildman–Crippen LogP) is 0.171. The molecular formula is C11H20N6O2. The monoisotopic (exact) mass is 268 g/mol. The summed E-state index contributed by atoms with van der Waals surface area (Å²) in [5.41, 5.74) is 2.43. The van der Waals surface area contributed by atoms with E-state index in [-0.39, 0.29) is 12.1 Å². The number of hydrogen-bond donors (Lipinski definition) is 2. The van der Waals surface area contributed by atoms with E-state index in [1.54, 1.807) is 0 Å². The summed E-state index contributed by atoms with van der Waals surface area (Å²) in [5, 5.41) is 0. The Balaban J connectivity index is 2.17. The fourth-order valence-electron chi connectivity index (χ4n) is 1.82. The molecule has 8 nitrogen and oxygen atoms in total. The lowest BCUT2D eigenvalue weighted by Crippen LogP contribution is -2.33. The molecule has 19 heavy (non-hydrogen) atoms. The molecular weight excluding hydrogens is 248 g/mol. The van der Waals surface area contributed by atoms with Gasteiger partial charge in [0.1, 0.15) is 0 Å². The smallest absolute Gasteiger partial charge is 0.323 e. The minimum atomic E-state index is 0.270. The Hall–Kier alpha value is -1.67. The zero-order chi connectivity index (χ0) is 13.7. The summed E-state index contributed by atoms with van der Waals surface area (Å²) in [5.74, 6) is 6.19. The summed E-state index contributed by atoms with van der Waals surface area (Å²) in [7, 11) is 1.93. The first-order valence-corrected chi connectivity index (χ1v) is 6.40. The van der Waals surface area contributed by atoms with Crippen molar-refractivity contribution in [2.45, 2.75) is 25.8 Å². The van der Waals surface area contributed by atoms with Crippen LogP contribution in [0.25, 0.3) is 0 Å². The number of nitrogens with zero attached hydrogens (tertiary/aromatic N) is 4. The molecule has 2 rings (SSSR count). The van der Waals surface area contributed by atoms with Crippen LogP contribution >= 0.6 is 0 Å². The number of hydrogen-bond acceptors (Lipinski definition) is 8. The molecule has 0 saturated carbocycles. The van der Waals surface area contributed by atoms with Crippen LogP contribution in [0.5, 0.6) is 6.01 Å². The van der Waals surface area contributed by atoms with Crippen molar-refractivity contribution in [3.8, 4) is 6.01 Å². The summed E-state index contributed by atoms with van der Waals surface area (Å²) in [6, 6.07) is 0.553. The van der Waals surface area contributed by atoms with Crippen LogP contribution in [-0.4, -0.2) is 47.9 Å². The topological polar surface area (TPSA) is 98.4 Å². The largest absolute Gasteiger partial charge is 0.463 e. The quantitative estimate of drug-likeness (QED) is 0.556. The summed E-state index contributed by atoms with van der Waals surface area (Å²) >= 11 is 0. The van der Waals surface area contributed by atoms with E-state index in [0.29, 0.717) is 25.1 Å². The van der Waals surface area contributed by atoms with Crippen molar-refractivity contribution in [2.75, 3.05) is 37.2 Å². The van der Waals surface area contributed by atoms with Gasteiger partial charge in [-0.05, 0) is 12.8 Å². The van der Waals surface area contributed by atoms with Crippen LogP contribution in [0.2, 0.25) is 0 Å². The van der Waals surface area contributed by atoms with Gasteiger partial charge >= 0.3 is 6.01 Å². The first-order chi connectivity index (χ1) is 9.24. The highest BCUT2D eigenvalue weighted by molar-refractivity contribution is 5.38. The Morgan fingerprint density at radius 1 is 1.47 bits per heavy atom. The average Bonchev–Trinajstić information content (AvgIpc) is 2.98. The van der Waals surface area contributed by atoms with E-state index in [9.17, 15) is 0 Å². The van der Waals surface area contributed by atoms with Crippen LogP contribution < -0.4 is 20.9 Å². The molecule has 0 bridgehead atoms. The van der Waals surface area contributed by atoms with Gasteiger partial charge < -0.3 is 14.4 Å². The number of anilines is 2. The highest BCUT2D eigenvalue weighted by atomic mass is 16.5. The number of likely N-dealkylation sites (N-methyl/N-ethyl adjacent to an activating group) is 1. The van der Waals surface area contributed by atoms with Crippen molar-refractivity contribution in [1.29, 1.82) is 0 Å². The lowest BCUT2D eigenvalue weighted by atomic mass is 10.2. The highest BCUT2D eigenvalue weighted by Gasteiger charge is 2.23. The van der Waals surface area contributed by atoms with Crippen molar-refractivity contribution in [1.82, 2.24) is 15.0 Å². The average molecular weight is 268 g/mol. The Kier molecular flexibility index (Phi) is 4.69. The van der Waals surface area contributed by atoms with E-state index in [1.165, 1.54) is 0 Å². The van der Waals surface area contributed by atoms with Crippen LogP contribution in [0.3, 0.4) is 0 Å². The van der Waals surface area contributed by atoms with Gasteiger partial charge in [0.25, 0.3) is 0 Å². The van der Waals surface area contributed by atoms with E-state index in [1.807, 2.05) is 18.9 Å². The molecule has 0 radical (unpaired) electrons. The molecule has 1 saturated heterocycles. The van der Waals surface area contributed by atoms with Crippen LogP contribution in [0.4, 0.5) is 11.9 Å². The molecule has 1 unspecified atom stereocenters. The Morgan fingerprint density at radius 2 is 2.32 bits per heavy atom. The number of ether oxygens (including phenoxy) is 2. The minimum Gasteiger partial charge on any atom is -0.463 e. The first kappa shape index (κ1) is 13.8. The van der Waals surface area contributed by atoms with Crippen molar-refractivity contribution in [2.24, 2.45) is 5.84 Å². The first-order valence-electron chi connectivity index (χ1n) is 6.40. The summed E-state index contributed by atoms with van der Waals surface area (Å²) in [6.07, 6.45) is 1.84. The van der Waals surface area contributed by atoms with Gasteiger partial charge in [0.2, 0.25) is 11.9 Å². The number of rotatable bonds is 6. The fourth-order valence-corrected chi connectivity index (χ4v) is 1.82. The predicted molar refractivity (Wildman–Crippen MR) is 71.1 cm³/mol. The number of hydrazine groups is 1. The molecule has 1 atom stereocenters. The summed E-state index contributed by atoms with van der Waals surface area (Å²) < 4.78 is 10.8. The highest BCUT2D eigenvalue weighted by Crippen LogP contribution is 2.19. The number of nitrogens with two attached hydrogens (primary N) is 1. The molecule has 0 spiro atoms. The second kappa shape index (κ2) is 6.48. The van der Waals surface area contributed by atoms with E-state index >= 15 is 0 Å². The second-order valence-corrected chi connectivity index (χ2v) is 4.36. The van der Waals surface area contributed by atoms with Crippen molar-refractivity contribution >= 4 is 11.9 Å². The molecule has 106 valence electrons. The number of aromatic nitrogens is 3. The molecule has 0 amide bonds. The molecule has 1 aliphatic heterocycles. The SMILES string of the molecule is CCCOc1nc(NN)nc(N(C)C2CCOC2)n1. The van der Waals surface area contributed by atoms with Crippen molar-refractivity contribution in [3.05, 3.63) is 0 Å². The van der Waals surface area contributed by atoms with Crippen LogP contribution in [0.1, 0.15) is 19.8 Å². The van der Waals surface area contributed by atoms with Gasteiger partial charge in [-0.15, -0.1) is 0 Å². The number of nitrogen functional groups attached to an aromatic ring is 1. The Labute approximate surface area is 112 Å². The molecule has 1 fully saturated rings. The molecule has 1 aromatic rings. The molecule has 1 aromatic heterocycles. The van der Waals surface area contributed by atoms with Gasteiger partial charge in [0.05, 0.1) is 19.3 Å². The summed E-state index contributed by atoms with van der Waals surface area (Å²) in [4.78, 5) is 14.6. The fraction of sp³-hybridized carbons (Fsp3) is 0.727. The third kappa shape index (κ3) is 3.42. The van der Waals surface area contributed by atoms with E-state index < -0.39 is 0 Å². The molecule has 0 aromatic carbocycles. The third-order valence-corrected chi connectivity index (χ3v) is 2.94. The van der Waals surface area contributed by atoms with Crippen LogP contribution in [-0.2, 0) is 4.74 Å². The second-order valence-electron chi connectivity index (χ2n) is 4.36. The van der Waals surface area contributed by atoms with Gasteiger partial charge in [-0.25, -0.2) is 5.84 Å². The van der Waals surface area contributed by atoms with E-state index in [2.05, 4.69) is 20.4 Å².